The monoisotopic (exact) mass is 415 g/mol. The van der Waals surface area contributed by atoms with Gasteiger partial charge in [-0.1, -0.05) is 0 Å². The SMILES string of the molecule is COc1cc(C)ncc1CNC(=O)c1cc(NC(=O)c2cc(F)c(F)cc2C)n[nH]1. The van der Waals surface area contributed by atoms with E-state index in [0.717, 1.165) is 17.8 Å². The summed E-state index contributed by atoms with van der Waals surface area (Å²) in [4.78, 5) is 28.8. The molecule has 0 unspecified atom stereocenters. The second kappa shape index (κ2) is 8.68. The molecule has 0 fully saturated rings. The van der Waals surface area contributed by atoms with Crippen molar-refractivity contribution in [2.45, 2.75) is 20.4 Å². The summed E-state index contributed by atoms with van der Waals surface area (Å²) in [5.41, 5.74) is 1.80. The van der Waals surface area contributed by atoms with Crippen LogP contribution in [0.1, 0.15) is 37.7 Å². The van der Waals surface area contributed by atoms with Crippen molar-refractivity contribution in [2.75, 3.05) is 12.4 Å². The second-order valence-electron chi connectivity index (χ2n) is 6.52. The number of halogens is 2. The van der Waals surface area contributed by atoms with Gasteiger partial charge in [0.1, 0.15) is 11.4 Å². The summed E-state index contributed by atoms with van der Waals surface area (Å²) >= 11 is 0. The first-order chi connectivity index (χ1) is 14.3. The van der Waals surface area contributed by atoms with E-state index < -0.39 is 23.4 Å². The van der Waals surface area contributed by atoms with E-state index in [2.05, 4.69) is 25.8 Å². The third-order valence-electron chi connectivity index (χ3n) is 4.32. The summed E-state index contributed by atoms with van der Waals surface area (Å²) in [6.45, 7) is 3.48. The van der Waals surface area contributed by atoms with Gasteiger partial charge in [0.05, 0.1) is 7.11 Å². The zero-order chi connectivity index (χ0) is 21.8. The molecule has 1 aromatic carbocycles. The van der Waals surface area contributed by atoms with Crippen molar-refractivity contribution in [3.8, 4) is 5.75 Å². The predicted molar refractivity (Wildman–Crippen MR) is 104 cm³/mol. The Labute approximate surface area is 170 Å². The molecule has 0 aliphatic carbocycles. The summed E-state index contributed by atoms with van der Waals surface area (Å²) in [5.74, 6) is -2.65. The van der Waals surface area contributed by atoms with Crippen LogP contribution >= 0.6 is 0 Å². The number of rotatable bonds is 6. The molecule has 2 aromatic heterocycles. The van der Waals surface area contributed by atoms with Crippen molar-refractivity contribution in [1.29, 1.82) is 0 Å². The third kappa shape index (κ3) is 4.59. The maximum Gasteiger partial charge on any atom is 0.269 e. The van der Waals surface area contributed by atoms with Crippen LogP contribution in [0.4, 0.5) is 14.6 Å². The van der Waals surface area contributed by atoms with Crippen molar-refractivity contribution >= 4 is 17.6 Å². The summed E-state index contributed by atoms with van der Waals surface area (Å²) < 4.78 is 31.9. The Morgan fingerprint density at radius 3 is 2.57 bits per heavy atom. The first kappa shape index (κ1) is 20.9. The van der Waals surface area contributed by atoms with Crippen LogP contribution in [-0.4, -0.2) is 34.1 Å². The minimum atomic E-state index is -1.13. The number of hydrogen-bond donors (Lipinski definition) is 3. The average molecular weight is 415 g/mol. The van der Waals surface area contributed by atoms with E-state index >= 15 is 0 Å². The summed E-state index contributed by atoms with van der Waals surface area (Å²) in [6, 6.07) is 4.82. The Morgan fingerprint density at radius 2 is 1.83 bits per heavy atom. The van der Waals surface area contributed by atoms with Gasteiger partial charge in [0.2, 0.25) is 0 Å². The largest absolute Gasteiger partial charge is 0.496 e. The number of aromatic amines is 1. The Bertz CT molecular complexity index is 1110. The maximum atomic E-state index is 13.4. The number of methoxy groups -OCH3 is 1. The lowest BCUT2D eigenvalue weighted by Gasteiger charge is -2.09. The van der Waals surface area contributed by atoms with Crippen LogP contribution in [0.2, 0.25) is 0 Å². The van der Waals surface area contributed by atoms with Gasteiger partial charge in [-0.25, -0.2) is 8.78 Å². The molecule has 0 aliphatic heterocycles. The third-order valence-corrected chi connectivity index (χ3v) is 4.32. The number of carbonyl (C=O) groups excluding carboxylic acids is 2. The number of nitrogens with one attached hydrogen (secondary N) is 3. The topological polar surface area (TPSA) is 109 Å². The van der Waals surface area contributed by atoms with E-state index in [1.807, 2.05) is 6.92 Å². The molecule has 0 radical (unpaired) electrons. The van der Waals surface area contributed by atoms with Crippen LogP contribution in [-0.2, 0) is 6.54 Å². The van der Waals surface area contributed by atoms with E-state index in [1.54, 1.807) is 12.3 Å². The molecule has 3 aromatic rings. The molecule has 0 aliphatic rings. The highest BCUT2D eigenvalue weighted by atomic mass is 19.2. The Hall–Kier alpha value is -3.82. The smallest absolute Gasteiger partial charge is 0.269 e. The molecule has 0 atom stereocenters. The molecule has 0 spiro atoms. The van der Waals surface area contributed by atoms with Crippen molar-refractivity contribution in [2.24, 2.45) is 0 Å². The minimum Gasteiger partial charge on any atom is -0.496 e. The van der Waals surface area contributed by atoms with E-state index in [4.69, 9.17) is 4.74 Å². The zero-order valence-electron chi connectivity index (χ0n) is 16.5. The number of carbonyl (C=O) groups is 2. The van der Waals surface area contributed by atoms with Crippen molar-refractivity contribution in [3.05, 3.63) is 70.2 Å². The first-order valence-corrected chi connectivity index (χ1v) is 8.88. The first-order valence-electron chi connectivity index (χ1n) is 8.88. The van der Waals surface area contributed by atoms with Gasteiger partial charge in [-0.2, -0.15) is 5.10 Å². The van der Waals surface area contributed by atoms with Crippen LogP contribution in [0, 0.1) is 25.5 Å². The van der Waals surface area contributed by atoms with Crippen molar-refractivity contribution < 1.29 is 23.1 Å². The van der Waals surface area contributed by atoms with Crippen LogP contribution in [0.3, 0.4) is 0 Å². The van der Waals surface area contributed by atoms with Gasteiger partial charge in [-0.05, 0) is 31.5 Å². The molecular weight excluding hydrogens is 396 g/mol. The fourth-order valence-electron chi connectivity index (χ4n) is 2.73. The average Bonchev–Trinajstić information content (AvgIpc) is 3.17. The lowest BCUT2D eigenvalue weighted by molar-refractivity contribution is 0.0944. The van der Waals surface area contributed by atoms with Crippen molar-refractivity contribution in [3.63, 3.8) is 0 Å². The number of anilines is 1. The van der Waals surface area contributed by atoms with Gasteiger partial charge in [0.15, 0.2) is 17.5 Å². The quantitative estimate of drug-likeness (QED) is 0.574. The van der Waals surface area contributed by atoms with Crippen LogP contribution in [0.25, 0.3) is 0 Å². The zero-order valence-corrected chi connectivity index (χ0v) is 16.5. The van der Waals surface area contributed by atoms with Gasteiger partial charge in [0.25, 0.3) is 11.8 Å². The van der Waals surface area contributed by atoms with Gasteiger partial charge >= 0.3 is 0 Å². The minimum absolute atomic E-state index is 0.0399. The van der Waals surface area contributed by atoms with E-state index in [0.29, 0.717) is 11.3 Å². The molecule has 3 rings (SSSR count). The molecule has 8 nitrogen and oxygen atoms in total. The van der Waals surface area contributed by atoms with E-state index in [-0.39, 0.29) is 29.2 Å². The van der Waals surface area contributed by atoms with E-state index in [9.17, 15) is 18.4 Å². The highest BCUT2D eigenvalue weighted by Crippen LogP contribution is 2.18. The summed E-state index contributed by atoms with van der Waals surface area (Å²) in [6.07, 6.45) is 1.61. The fraction of sp³-hybridized carbons (Fsp3) is 0.200. The second-order valence-corrected chi connectivity index (χ2v) is 6.52. The summed E-state index contributed by atoms with van der Waals surface area (Å²) in [5, 5.41) is 11.5. The van der Waals surface area contributed by atoms with Gasteiger partial charge in [-0.15, -0.1) is 0 Å². The van der Waals surface area contributed by atoms with E-state index in [1.165, 1.54) is 20.1 Å². The number of aryl methyl sites for hydroxylation is 2. The normalized spacial score (nSPS) is 10.6. The molecule has 0 bridgehead atoms. The Kier molecular flexibility index (Phi) is 6.05. The highest BCUT2D eigenvalue weighted by Gasteiger charge is 2.17. The molecule has 156 valence electrons. The van der Waals surface area contributed by atoms with Crippen LogP contribution < -0.4 is 15.4 Å². The van der Waals surface area contributed by atoms with Crippen molar-refractivity contribution in [1.82, 2.24) is 20.5 Å². The molecule has 2 heterocycles. The van der Waals surface area contributed by atoms with Gasteiger partial charge in [0, 0.05) is 41.7 Å². The summed E-state index contributed by atoms with van der Waals surface area (Å²) in [7, 11) is 1.53. The number of benzene rings is 1. The molecule has 3 N–H and O–H groups in total. The molecular formula is C20H19F2N5O3. The molecule has 30 heavy (non-hydrogen) atoms. The number of pyridine rings is 1. The Morgan fingerprint density at radius 1 is 1.10 bits per heavy atom. The van der Waals surface area contributed by atoms with Gasteiger partial charge in [-0.3, -0.25) is 19.7 Å². The highest BCUT2D eigenvalue weighted by molar-refractivity contribution is 6.05. The maximum absolute atomic E-state index is 13.4. The predicted octanol–water partition coefficient (Wildman–Crippen LogP) is 2.89. The number of ether oxygens (including phenoxy) is 1. The number of nitrogens with zero attached hydrogens (tertiary/aromatic N) is 2. The number of amides is 2. The number of hydrogen-bond acceptors (Lipinski definition) is 5. The molecule has 0 saturated carbocycles. The Balaban J connectivity index is 1.65. The lowest BCUT2D eigenvalue weighted by Crippen LogP contribution is -2.23. The number of aromatic nitrogens is 3. The molecule has 2 amide bonds. The molecule has 0 saturated heterocycles. The van der Waals surface area contributed by atoms with Crippen LogP contribution in [0.15, 0.2) is 30.5 Å². The van der Waals surface area contributed by atoms with Crippen LogP contribution in [0.5, 0.6) is 5.75 Å². The molecule has 10 heteroatoms. The lowest BCUT2D eigenvalue weighted by atomic mass is 10.1. The number of H-pyrrole nitrogens is 1. The fourth-order valence-corrected chi connectivity index (χ4v) is 2.73. The van der Waals surface area contributed by atoms with Gasteiger partial charge < -0.3 is 15.4 Å². The standard InChI is InChI=1S/C20H19F2N5O3/c1-10-4-14(21)15(22)6-13(10)19(28)25-18-7-16(26-27-18)20(29)24-9-12-8-23-11(2)5-17(12)30-3/h4-8H,9H2,1-3H3,(H,24,29)(H2,25,26,27,28).